The molecule has 0 aliphatic carbocycles. The van der Waals surface area contributed by atoms with Crippen LogP contribution < -0.4 is 16.8 Å². The smallest absolute Gasteiger partial charge is 0.326 e. The summed E-state index contributed by atoms with van der Waals surface area (Å²) in [4.78, 5) is 33.8. The van der Waals surface area contributed by atoms with Crippen molar-refractivity contribution in [3.63, 3.8) is 0 Å². The Morgan fingerprint density at radius 3 is 2.45 bits per heavy atom. The summed E-state index contributed by atoms with van der Waals surface area (Å²) in [6.45, 7) is 0.369. The normalized spacial score (nSPS) is 11.7. The van der Waals surface area contributed by atoms with Crippen molar-refractivity contribution in [1.82, 2.24) is 5.32 Å². The van der Waals surface area contributed by atoms with Gasteiger partial charge in [0.25, 0.3) is 5.91 Å². The summed E-state index contributed by atoms with van der Waals surface area (Å²) in [7, 11) is 0. The molecule has 0 bridgehead atoms. The van der Waals surface area contributed by atoms with E-state index in [9.17, 15) is 14.4 Å². The number of carbonyl (C=O) groups is 3. The summed E-state index contributed by atoms with van der Waals surface area (Å²) in [6, 6.07) is 5.40. The van der Waals surface area contributed by atoms with Gasteiger partial charge in [-0.1, -0.05) is 18.2 Å². The molecule has 0 saturated heterocycles. The van der Waals surface area contributed by atoms with E-state index < -0.39 is 30.2 Å². The monoisotopic (exact) mass is 279 g/mol. The van der Waals surface area contributed by atoms with Gasteiger partial charge in [0.05, 0.1) is 6.42 Å². The van der Waals surface area contributed by atoms with Crippen LogP contribution in [0, 0.1) is 0 Å². The minimum atomic E-state index is -1.34. The van der Waals surface area contributed by atoms with Crippen LogP contribution in [0.4, 0.5) is 0 Å². The maximum absolute atomic E-state index is 12.1. The maximum Gasteiger partial charge on any atom is 0.326 e. The summed E-state index contributed by atoms with van der Waals surface area (Å²) < 4.78 is 0. The van der Waals surface area contributed by atoms with Gasteiger partial charge in [0.15, 0.2) is 0 Å². The van der Waals surface area contributed by atoms with Crippen molar-refractivity contribution in [2.75, 3.05) is 6.54 Å². The molecule has 7 nitrogen and oxygen atoms in total. The van der Waals surface area contributed by atoms with Gasteiger partial charge < -0.3 is 21.9 Å². The molecular weight excluding hydrogens is 262 g/mol. The molecule has 6 N–H and O–H groups in total. The topological polar surface area (TPSA) is 136 Å². The fraction of sp³-hybridized carbons (Fsp3) is 0.308. The number of nitrogens with two attached hydrogens (primary N) is 2. The Kier molecular flexibility index (Phi) is 5.67. The molecule has 1 atom stereocenters. The maximum atomic E-state index is 12.1. The number of rotatable bonds is 7. The van der Waals surface area contributed by atoms with Crippen LogP contribution in [0.3, 0.4) is 0 Å². The number of aliphatic carboxylic acids is 1. The van der Waals surface area contributed by atoms with Gasteiger partial charge >= 0.3 is 5.97 Å². The Bertz CT molecular complexity index is 516. The Morgan fingerprint density at radius 1 is 1.25 bits per heavy atom. The third-order valence-electron chi connectivity index (χ3n) is 2.68. The summed E-state index contributed by atoms with van der Waals surface area (Å²) in [5.41, 5.74) is 11.5. The van der Waals surface area contributed by atoms with Crippen LogP contribution in [0.5, 0.6) is 0 Å². The van der Waals surface area contributed by atoms with E-state index in [1.807, 2.05) is 0 Å². The zero-order chi connectivity index (χ0) is 15.1. The number of carbonyl (C=O) groups excluding carboxylic acids is 2. The van der Waals surface area contributed by atoms with E-state index in [2.05, 4.69) is 5.32 Å². The Labute approximate surface area is 115 Å². The molecule has 1 aromatic carbocycles. The molecule has 7 heteroatoms. The lowest BCUT2D eigenvalue weighted by Crippen LogP contribution is -2.43. The van der Waals surface area contributed by atoms with E-state index in [-0.39, 0.29) is 0 Å². The standard InChI is InChI=1S/C13H17N3O4/c14-6-5-8-3-1-2-4-9(8)12(18)16-10(13(19)20)7-11(15)17/h1-4,10H,5-7,14H2,(H2,15,17)(H,16,18)(H,19,20)/t10-/m1/s1. The Balaban J connectivity index is 2.88. The summed E-state index contributed by atoms with van der Waals surface area (Å²) in [5.74, 6) is -2.68. The summed E-state index contributed by atoms with van der Waals surface area (Å²) >= 11 is 0. The first-order valence-electron chi connectivity index (χ1n) is 6.05. The van der Waals surface area contributed by atoms with Crippen molar-refractivity contribution >= 4 is 17.8 Å². The van der Waals surface area contributed by atoms with Crippen LogP contribution in [0.1, 0.15) is 22.3 Å². The average Bonchev–Trinajstić information content (AvgIpc) is 2.38. The molecule has 0 spiro atoms. The number of primary amides is 1. The minimum absolute atomic E-state index is 0.341. The predicted molar refractivity (Wildman–Crippen MR) is 71.9 cm³/mol. The number of carboxylic acids is 1. The highest BCUT2D eigenvalue weighted by Gasteiger charge is 2.23. The Morgan fingerprint density at radius 2 is 1.90 bits per heavy atom. The number of carboxylic acid groups (broad SMARTS) is 1. The van der Waals surface area contributed by atoms with Crippen molar-refractivity contribution < 1.29 is 19.5 Å². The average molecular weight is 279 g/mol. The van der Waals surface area contributed by atoms with E-state index in [1.54, 1.807) is 24.3 Å². The van der Waals surface area contributed by atoms with E-state index >= 15 is 0 Å². The second kappa shape index (κ2) is 7.25. The number of hydrogen-bond acceptors (Lipinski definition) is 4. The van der Waals surface area contributed by atoms with Crippen LogP contribution >= 0.6 is 0 Å². The lowest BCUT2D eigenvalue weighted by atomic mass is 10.0. The Hall–Kier alpha value is -2.41. The highest BCUT2D eigenvalue weighted by Crippen LogP contribution is 2.09. The number of amides is 2. The quantitative estimate of drug-likeness (QED) is 0.520. The van der Waals surface area contributed by atoms with E-state index in [1.165, 1.54) is 0 Å². The molecule has 1 aromatic rings. The molecule has 108 valence electrons. The van der Waals surface area contributed by atoms with Gasteiger partial charge in [-0.25, -0.2) is 4.79 Å². The van der Waals surface area contributed by atoms with Gasteiger partial charge in [0.2, 0.25) is 5.91 Å². The molecule has 1 rings (SSSR count). The second-order valence-corrected chi connectivity index (χ2v) is 4.23. The molecule has 0 radical (unpaired) electrons. The van der Waals surface area contributed by atoms with E-state index in [0.717, 1.165) is 5.56 Å². The molecular formula is C13H17N3O4. The predicted octanol–water partition coefficient (Wildman–Crippen LogP) is -0.754. The highest BCUT2D eigenvalue weighted by molar-refractivity contribution is 5.98. The van der Waals surface area contributed by atoms with Crippen LogP contribution in [-0.2, 0) is 16.0 Å². The van der Waals surface area contributed by atoms with Gasteiger partial charge in [0, 0.05) is 5.56 Å². The van der Waals surface area contributed by atoms with Gasteiger partial charge in [-0.15, -0.1) is 0 Å². The first-order valence-corrected chi connectivity index (χ1v) is 6.05. The number of benzene rings is 1. The molecule has 0 aromatic heterocycles. The third-order valence-corrected chi connectivity index (χ3v) is 2.68. The zero-order valence-corrected chi connectivity index (χ0v) is 10.8. The van der Waals surface area contributed by atoms with Crippen molar-refractivity contribution in [3.05, 3.63) is 35.4 Å². The van der Waals surface area contributed by atoms with Gasteiger partial charge in [-0.05, 0) is 24.6 Å². The molecule has 0 unspecified atom stereocenters. The first kappa shape index (κ1) is 15.6. The van der Waals surface area contributed by atoms with Crippen LogP contribution in [0.2, 0.25) is 0 Å². The van der Waals surface area contributed by atoms with Crippen molar-refractivity contribution in [2.45, 2.75) is 18.9 Å². The fourth-order valence-corrected chi connectivity index (χ4v) is 1.75. The van der Waals surface area contributed by atoms with Crippen molar-refractivity contribution in [2.24, 2.45) is 11.5 Å². The minimum Gasteiger partial charge on any atom is -0.480 e. The largest absolute Gasteiger partial charge is 0.480 e. The molecule has 0 heterocycles. The molecule has 0 fully saturated rings. The third kappa shape index (κ3) is 4.36. The van der Waals surface area contributed by atoms with E-state index in [4.69, 9.17) is 16.6 Å². The van der Waals surface area contributed by atoms with Gasteiger partial charge in [-0.2, -0.15) is 0 Å². The van der Waals surface area contributed by atoms with Crippen LogP contribution in [-0.4, -0.2) is 35.5 Å². The molecule has 0 aliphatic rings. The number of nitrogens with one attached hydrogen (secondary N) is 1. The van der Waals surface area contributed by atoms with Crippen molar-refractivity contribution in [1.29, 1.82) is 0 Å². The first-order chi connectivity index (χ1) is 9.45. The molecule has 20 heavy (non-hydrogen) atoms. The highest BCUT2D eigenvalue weighted by atomic mass is 16.4. The summed E-state index contributed by atoms with van der Waals surface area (Å²) in [5, 5.41) is 11.2. The van der Waals surface area contributed by atoms with Gasteiger partial charge in [-0.3, -0.25) is 9.59 Å². The summed E-state index contributed by atoms with van der Waals surface area (Å²) in [6.07, 6.45) is 0.0390. The number of hydrogen-bond donors (Lipinski definition) is 4. The molecule has 0 aliphatic heterocycles. The SMILES string of the molecule is NCCc1ccccc1C(=O)N[C@H](CC(N)=O)C(=O)O. The van der Waals surface area contributed by atoms with Crippen LogP contribution in [0.15, 0.2) is 24.3 Å². The zero-order valence-electron chi connectivity index (χ0n) is 10.8. The lowest BCUT2D eigenvalue weighted by molar-refractivity contribution is -0.140. The van der Waals surface area contributed by atoms with Crippen molar-refractivity contribution in [3.8, 4) is 0 Å². The van der Waals surface area contributed by atoms with Crippen LogP contribution in [0.25, 0.3) is 0 Å². The fourth-order valence-electron chi connectivity index (χ4n) is 1.75. The second-order valence-electron chi connectivity index (χ2n) is 4.23. The molecule has 2 amide bonds. The molecule has 0 saturated carbocycles. The van der Waals surface area contributed by atoms with Gasteiger partial charge in [0.1, 0.15) is 6.04 Å². The van der Waals surface area contributed by atoms with E-state index in [0.29, 0.717) is 18.5 Å². The lowest BCUT2D eigenvalue weighted by Gasteiger charge is -2.14.